The van der Waals surface area contributed by atoms with Crippen molar-refractivity contribution in [3.8, 4) is 0 Å². The van der Waals surface area contributed by atoms with Crippen molar-refractivity contribution in [1.29, 1.82) is 0 Å². The highest BCUT2D eigenvalue weighted by molar-refractivity contribution is 7.11. The quantitative estimate of drug-likeness (QED) is 0.723. The van der Waals surface area contributed by atoms with Gasteiger partial charge in [0.15, 0.2) is 0 Å². The lowest BCUT2D eigenvalue weighted by molar-refractivity contribution is 0.153. The molecule has 0 spiro atoms. The molecule has 1 atom stereocenters. The molecule has 1 aliphatic carbocycles. The van der Waals surface area contributed by atoms with E-state index >= 15 is 0 Å². The minimum Gasteiger partial charge on any atom is -0.387 e. The zero-order valence-electron chi connectivity index (χ0n) is 7.21. The first-order valence-corrected chi connectivity index (χ1v) is 5.29. The summed E-state index contributed by atoms with van der Waals surface area (Å²) in [6, 6.07) is 0. The fourth-order valence-electron chi connectivity index (χ4n) is 1.60. The van der Waals surface area contributed by atoms with Crippen LogP contribution in [0.2, 0.25) is 0 Å². The summed E-state index contributed by atoms with van der Waals surface area (Å²) >= 11 is 1.77. The number of hydrogen-bond acceptors (Lipinski definition) is 3. The van der Waals surface area contributed by atoms with Crippen molar-refractivity contribution >= 4 is 11.3 Å². The molecule has 1 N–H and O–H groups in total. The van der Waals surface area contributed by atoms with E-state index in [1.807, 2.05) is 0 Å². The van der Waals surface area contributed by atoms with Crippen LogP contribution in [0.25, 0.3) is 0 Å². The van der Waals surface area contributed by atoms with Gasteiger partial charge in [0.2, 0.25) is 0 Å². The molecule has 0 bridgehead atoms. The molecule has 1 heterocycles. The normalized spacial score (nSPS) is 22.3. The van der Waals surface area contributed by atoms with Crippen molar-refractivity contribution in [3.05, 3.63) is 15.6 Å². The van der Waals surface area contributed by atoms with Gasteiger partial charge in [-0.3, -0.25) is 0 Å². The van der Waals surface area contributed by atoms with E-state index in [-0.39, 0.29) is 6.10 Å². The summed E-state index contributed by atoms with van der Waals surface area (Å²) in [6.07, 6.45) is 3.82. The summed E-state index contributed by atoms with van der Waals surface area (Å²) in [4.78, 5) is 5.73. The first kappa shape index (κ1) is 8.20. The second-order valence-corrected chi connectivity index (χ2v) is 4.35. The Morgan fingerprint density at radius 2 is 2.50 bits per heavy atom. The van der Waals surface area contributed by atoms with Gasteiger partial charge in [0, 0.05) is 4.88 Å². The van der Waals surface area contributed by atoms with E-state index in [1.165, 1.54) is 9.88 Å². The van der Waals surface area contributed by atoms with Gasteiger partial charge in [-0.2, -0.15) is 0 Å². The van der Waals surface area contributed by atoms with E-state index in [0.717, 1.165) is 31.4 Å². The van der Waals surface area contributed by atoms with Crippen molar-refractivity contribution in [2.75, 3.05) is 0 Å². The zero-order chi connectivity index (χ0) is 8.55. The molecule has 0 saturated heterocycles. The fraction of sp³-hybridized carbons (Fsp3) is 0.667. The Balaban J connectivity index is 2.37. The largest absolute Gasteiger partial charge is 0.387 e. The Kier molecular flexibility index (Phi) is 2.15. The minimum atomic E-state index is -0.287. The van der Waals surface area contributed by atoms with Crippen LogP contribution in [-0.2, 0) is 12.8 Å². The summed E-state index contributed by atoms with van der Waals surface area (Å²) in [6.45, 7) is 2.11. The van der Waals surface area contributed by atoms with E-state index in [4.69, 9.17) is 0 Å². The maximum atomic E-state index is 9.61. The van der Waals surface area contributed by atoms with Gasteiger partial charge in [-0.25, -0.2) is 4.98 Å². The summed E-state index contributed by atoms with van der Waals surface area (Å²) < 4.78 is 0. The van der Waals surface area contributed by atoms with Crippen LogP contribution >= 0.6 is 11.3 Å². The molecule has 1 aliphatic rings. The van der Waals surface area contributed by atoms with Gasteiger partial charge in [-0.15, -0.1) is 11.3 Å². The highest BCUT2D eigenvalue weighted by Gasteiger charge is 2.21. The van der Waals surface area contributed by atoms with Crippen LogP contribution < -0.4 is 0 Å². The van der Waals surface area contributed by atoms with E-state index in [2.05, 4.69) is 11.9 Å². The SMILES string of the molecule is CCc1nc2c(s1)CCCC2O. The lowest BCUT2D eigenvalue weighted by Crippen LogP contribution is -2.07. The van der Waals surface area contributed by atoms with Crippen LogP contribution in [0.4, 0.5) is 0 Å². The fourth-order valence-corrected chi connectivity index (χ4v) is 2.70. The average Bonchev–Trinajstić information content (AvgIpc) is 2.49. The molecule has 0 fully saturated rings. The van der Waals surface area contributed by atoms with Crippen molar-refractivity contribution in [2.45, 2.75) is 38.7 Å². The molecule has 3 heteroatoms. The van der Waals surface area contributed by atoms with E-state index in [0.29, 0.717) is 0 Å². The second-order valence-electron chi connectivity index (χ2n) is 3.18. The molecule has 0 aliphatic heterocycles. The standard InChI is InChI=1S/C9H13NOS/c1-2-8-10-9-6(11)4-3-5-7(9)12-8/h6,11H,2-5H2,1H3. The number of thiazole rings is 1. The molecule has 1 aromatic heterocycles. The number of aliphatic hydroxyl groups is 1. The first-order chi connectivity index (χ1) is 5.81. The van der Waals surface area contributed by atoms with Crippen molar-refractivity contribution < 1.29 is 5.11 Å². The number of nitrogens with zero attached hydrogens (tertiary/aromatic N) is 1. The highest BCUT2D eigenvalue weighted by Crippen LogP contribution is 2.32. The number of rotatable bonds is 1. The first-order valence-electron chi connectivity index (χ1n) is 4.47. The van der Waals surface area contributed by atoms with Crippen molar-refractivity contribution in [1.82, 2.24) is 4.98 Å². The molecule has 0 radical (unpaired) electrons. The molecular formula is C9H13NOS. The van der Waals surface area contributed by atoms with Gasteiger partial charge in [0.1, 0.15) is 0 Å². The summed E-state index contributed by atoms with van der Waals surface area (Å²) in [5.41, 5.74) is 0.961. The van der Waals surface area contributed by atoms with Crippen molar-refractivity contribution in [3.63, 3.8) is 0 Å². The predicted molar refractivity (Wildman–Crippen MR) is 49.4 cm³/mol. The second kappa shape index (κ2) is 3.15. The van der Waals surface area contributed by atoms with E-state index in [1.54, 1.807) is 11.3 Å². The Morgan fingerprint density at radius 3 is 3.17 bits per heavy atom. The van der Waals surface area contributed by atoms with Crippen LogP contribution in [0.5, 0.6) is 0 Å². The molecule has 2 rings (SSSR count). The molecule has 1 aromatic rings. The number of aromatic nitrogens is 1. The highest BCUT2D eigenvalue weighted by atomic mass is 32.1. The number of fused-ring (bicyclic) bond motifs is 1. The Bertz CT molecular complexity index is 282. The van der Waals surface area contributed by atoms with Crippen LogP contribution in [-0.4, -0.2) is 10.1 Å². The molecule has 0 saturated carbocycles. The molecule has 0 aromatic carbocycles. The van der Waals surface area contributed by atoms with Crippen LogP contribution in [0.1, 0.15) is 41.4 Å². The molecule has 1 unspecified atom stereocenters. The number of hydrogen-bond donors (Lipinski definition) is 1. The van der Waals surface area contributed by atoms with Gasteiger partial charge >= 0.3 is 0 Å². The summed E-state index contributed by atoms with van der Waals surface area (Å²) in [5.74, 6) is 0. The number of aliphatic hydroxyl groups excluding tert-OH is 1. The topological polar surface area (TPSA) is 33.1 Å². The van der Waals surface area contributed by atoms with Gasteiger partial charge in [0.05, 0.1) is 16.8 Å². The molecule has 12 heavy (non-hydrogen) atoms. The molecule has 66 valence electrons. The molecule has 2 nitrogen and oxygen atoms in total. The predicted octanol–water partition coefficient (Wildman–Crippen LogP) is 2.08. The Morgan fingerprint density at radius 1 is 1.67 bits per heavy atom. The maximum Gasteiger partial charge on any atom is 0.0971 e. The summed E-state index contributed by atoms with van der Waals surface area (Å²) in [7, 11) is 0. The third-order valence-electron chi connectivity index (χ3n) is 2.27. The Labute approximate surface area is 76.3 Å². The van der Waals surface area contributed by atoms with E-state index in [9.17, 15) is 5.11 Å². The monoisotopic (exact) mass is 183 g/mol. The van der Waals surface area contributed by atoms with Gasteiger partial charge < -0.3 is 5.11 Å². The minimum absolute atomic E-state index is 0.287. The Hall–Kier alpha value is -0.410. The van der Waals surface area contributed by atoms with Crippen LogP contribution in [0, 0.1) is 0 Å². The van der Waals surface area contributed by atoms with Crippen LogP contribution in [0.3, 0.4) is 0 Å². The van der Waals surface area contributed by atoms with Gasteiger partial charge in [0.25, 0.3) is 0 Å². The van der Waals surface area contributed by atoms with E-state index < -0.39 is 0 Å². The third kappa shape index (κ3) is 1.27. The molecule has 0 amide bonds. The van der Waals surface area contributed by atoms with Gasteiger partial charge in [-0.05, 0) is 25.7 Å². The zero-order valence-corrected chi connectivity index (χ0v) is 8.02. The summed E-state index contributed by atoms with van der Waals surface area (Å²) in [5, 5.41) is 10.8. The average molecular weight is 183 g/mol. The smallest absolute Gasteiger partial charge is 0.0971 e. The lowest BCUT2D eigenvalue weighted by atomic mass is 10.0. The molecular weight excluding hydrogens is 170 g/mol. The van der Waals surface area contributed by atoms with Gasteiger partial charge in [-0.1, -0.05) is 6.92 Å². The van der Waals surface area contributed by atoms with Crippen LogP contribution in [0.15, 0.2) is 0 Å². The number of aryl methyl sites for hydroxylation is 2. The van der Waals surface area contributed by atoms with Crippen molar-refractivity contribution in [2.24, 2.45) is 0 Å². The maximum absolute atomic E-state index is 9.61. The third-order valence-corrected chi connectivity index (χ3v) is 3.55. The lowest BCUT2D eigenvalue weighted by Gasteiger charge is -2.14.